The van der Waals surface area contributed by atoms with Crippen molar-refractivity contribution in [1.82, 2.24) is 0 Å². The molecular formula is C14H15N3O4S2. The first-order valence-electron chi connectivity index (χ1n) is 6.61. The third kappa shape index (κ3) is 5.81. The van der Waals surface area contributed by atoms with Crippen LogP contribution in [0.3, 0.4) is 0 Å². The first kappa shape index (κ1) is 17.1. The van der Waals surface area contributed by atoms with Crippen LogP contribution in [0.5, 0.6) is 0 Å². The van der Waals surface area contributed by atoms with Crippen LogP contribution in [0.2, 0.25) is 0 Å². The average molecular weight is 353 g/mol. The summed E-state index contributed by atoms with van der Waals surface area (Å²) in [5.74, 6) is -0.414. The Hall–Kier alpha value is -2.23. The summed E-state index contributed by atoms with van der Waals surface area (Å²) in [7, 11) is -3.88. The number of carbonyl (C=O) groups excluding carboxylic acids is 2. The standard InChI is InChI=1S/C14H15N3O4S2/c15-23(20,21)17-11-4-1-3-10(9-11)16-14(19)7-6-12(18)13-5-2-8-22-13/h1-5,8-9,17H,6-7H2,(H,16,19)(H2,15,20,21). The van der Waals surface area contributed by atoms with E-state index in [-0.39, 0.29) is 30.2 Å². The van der Waals surface area contributed by atoms with Gasteiger partial charge in [0.05, 0.1) is 10.6 Å². The molecule has 0 aliphatic carbocycles. The Morgan fingerprint density at radius 3 is 2.48 bits per heavy atom. The van der Waals surface area contributed by atoms with Crippen molar-refractivity contribution in [2.75, 3.05) is 10.0 Å². The van der Waals surface area contributed by atoms with Crippen LogP contribution in [0.1, 0.15) is 22.5 Å². The van der Waals surface area contributed by atoms with Gasteiger partial charge in [0.1, 0.15) is 0 Å². The summed E-state index contributed by atoms with van der Waals surface area (Å²) in [4.78, 5) is 24.3. The Bertz CT molecular complexity index is 801. The van der Waals surface area contributed by atoms with E-state index in [9.17, 15) is 18.0 Å². The number of amides is 1. The maximum Gasteiger partial charge on any atom is 0.296 e. The van der Waals surface area contributed by atoms with Crippen LogP contribution >= 0.6 is 11.3 Å². The second kappa shape index (κ2) is 7.36. The van der Waals surface area contributed by atoms with Gasteiger partial charge in [0.25, 0.3) is 10.2 Å². The molecule has 0 radical (unpaired) electrons. The highest BCUT2D eigenvalue weighted by atomic mass is 32.2. The van der Waals surface area contributed by atoms with Gasteiger partial charge in [0.15, 0.2) is 5.78 Å². The fourth-order valence-electron chi connectivity index (χ4n) is 1.84. The van der Waals surface area contributed by atoms with Gasteiger partial charge in [-0.3, -0.25) is 14.3 Å². The predicted octanol–water partition coefficient (Wildman–Crippen LogP) is 1.97. The molecule has 1 amide bonds. The van der Waals surface area contributed by atoms with E-state index < -0.39 is 10.2 Å². The lowest BCUT2D eigenvalue weighted by Crippen LogP contribution is -2.21. The molecule has 1 aromatic heterocycles. The second-order valence-electron chi connectivity index (χ2n) is 4.68. The number of anilines is 2. The van der Waals surface area contributed by atoms with E-state index in [1.54, 1.807) is 29.6 Å². The van der Waals surface area contributed by atoms with Crippen molar-refractivity contribution >= 4 is 44.6 Å². The molecule has 23 heavy (non-hydrogen) atoms. The van der Waals surface area contributed by atoms with Crippen molar-refractivity contribution in [3.05, 3.63) is 46.7 Å². The molecule has 0 fully saturated rings. The van der Waals surface area contributed by atoms with E-state index >= 15 is 0 Å². The highest BCUT2D eigenvalue weighted by Crippen LogP contribution is 2.17. The average Bonchev–Trinajstić information content (AvgIpc) is 2.97. The zero-order chi connectivity index (χ0) is 16.9. The van der Waals surface area contributed by atoms with Crippen molar-refractivity contribution in [1.29, 1.82) is 0 Å². The van der Waals surface area contributed by atoms with Crippen molar-refractivity contribution < 1.29 is 18.0 Å². The predicted molar refractivity (Wildman–Crippen MR) is 89.7 cm³/mol. The van der Waals surface area contributed by atoms with Gasteiger partial charge in [0.2, 0.25) is 5.91 Å². The summed E-state index contributed by atoms with van der Waals surface area (Å²) in [5, 5.41) is 9.29. The van der Waals surface area contributed by atoms with Crippen molar-refractivity contribution in [2.45, 2.75) is 12.8 Å². The van der Waals surface area contributed by atoms with Gasteiger partial charge < -0.3 is 5.32 Å². The number of ketones is 1. The molecule has 0 saturated carbocycles. The minimum Gasteiger partial charge on any atom is -0.326 e. The molecule has 2 aromatic rings. The summed E-state index contributed by atoms with van der Waals surface area (Å²) < 4.78 is 24.0. The molecule has 9 heteroatoms. The van der Waals surface area contributed by atoms with Crippen LogP contribution in [0.4, 0.5) is 11.4 Å². The van der Waals surface area contributed by atoms with Crippen molar-refractivity contribution in [3.8, 4) is 0 Å². The number of nitrogens with one attached hydrogen (secondary N) is 2. The lowest BCUT2D eigenvalue weighted by Gasteiger charge is -2.08. The molecule has 2 rings (SSSR count). The first-order valence-corrected chi connectivity index (χ1v) is 9.03. The van der Waals surface area contributed by atoms with E-state index in [4.69, 9.17) is 5.14 Å². The third-order valence-corrected chi connectivity index (χ3v) is 4.21. The van der Waals surface area contributed by atoms with E-state index in [0.717, 1.165) is 0 Å². The van der Waals surface area contributed by atoms with E-state index in [0.29, 0.717) is 10.6 Å². The smallest absolute Gasteiger partial charge is 0.296 e. The Kier molecular flexibility index (Phi) is 5.48. The largest absolute Gasteiger partial charge is 0.326 e. The molecule has 122 valence electrons. The molecule has 0 aliphatic rings. The van der Waals surface area contributed by atoms with Crippen LogP contribution in [0, 0.1) is 0 Å². The highest BCUT2D eigenvalue weighted by molar-refractivity contribution is 7.90. The zero-order valence-corrected chi connectivity index (χ0v) is 13.6. The SMILES string of the molecule is NS(=O)(=O)Nc1cccc(NC(=O)CCC(=O)c2cccs2)c1. The number of nitrogens with two attached hydrogens (primary N) is 1. The topological polar surface area (TPSA) is 118 Å². The van der Waals surface area contributed by atoms with Crippen molar-refractivity contribution in [2.24, 2.45) is 5.14 Å². The maximum atomic E-state index is 11.9. The fraction of sp³-hybridized carbons (Fsp3) is 0.143. The summed E-state index contributed by atoms with van der Waals surface area (Å²) in [6, 6.07) is 9.60. The minimum atomic E-state index is -3.88. The monoisotopic (exact) mass is 353 g/mol. The lowest BCUT2D eigenvalue weighted by atomic mass is 10.2. The molecule has 1 aromatic carbocycles. The summed E-state index contributed by atoms with van der Waals surface area (Å²) >= 11 is 1.34. The molecule has 0 atom stereocenters. The van der Waals surface area contributed by atoms with Crippen LogP contribution in [0.15, 0.2) is 41.8 Å². The second-order valence-corrected chi connectivity index (χ2v) is 6.92. The molecule has 1 heterocycles. The number of rotatable bonds is 7. The number of hydrogen-bond donors (Lipinski definition) is 3. The van der Waals surface area contributed by atoms with Crippen LogP contribution in [-0.4, -0.2) is 20.1 Å². The molecule has 0 saturated heterocycles. The summed E-state index contributed by atoms with van der Waals surface area (Å²) in [6.45, 7) is 0. The van der Waals surface area contributed by atoms with Crippen LogP contribution in [0.25, 0.3) is 0 Å². The number of thiophene rings is 1. The summed E-state index contributed by atoms with van der Waals surface area (Å²) in [5.41, 5.74) is 0.646. The quantitative estimate of drug-likeness (QED) is 0.659. The maximum absolute atomic E-state index is 11.9. The van der Waals surface area contributed by atoms with Gasteiger partial charge >= 0.3 is 0 Å². The van der Waals surface area contributed by atoms with Crippen molar-refractivity contribution in [3.63, 3.8) is 0 Å². The zero-order valence-electron chi connectivity index (χ0n) is 12.0. The number of Topliss-reactive ketones (excluding diaryl/α,β-unsaturated/α-hetero) is 1. The number of benzene rings is 1. The molecule has 0 unspecified atom stereocenters. The molecule has 0 bridgehead atoms. The minimum absolute atomic E-state index is 0.0452. The van der Waals surface area contributed by atoms with Gasteiger partial charge in [0, 0.05) is 18.5 Å². The molecular weight excluding hydrogens is 338 g/mol. The van der Waals surface area contributed by atoms with Crippen LogP contribution < -0.4 is 15.2 Å². The molecule has 0 aliphatic heterocycles. The lowest BCUT2D eigenvalue weighted by molar-refractivity contribution is -0.116. The first-order chi connectivity index (χ1) is 10.8. The fourth-order valence-corrected chi connectivity index (χ4v) is 2.99. The number of hydrogen-bond acceptors (Lipinski definition) is 5. The van der Waals surface area contributed by atoms with Gasteiger partial charge in [-0.05, 0) is 29.6 Å². The van der Waals surface area contributed by atoms with Crippen LogP contribution in [-0.2, 0) is 15.0 Å². The normalized spacial score (nSPS) is 11.0. The molecule has 4 N–H and O–H groups in total. The van der Waals surface area contributed by atoms with E-state index in [1.807, 2.05) is 0 Å². The van der Waals surface area contributed by atoms with Gasteiger partial charge in [-0.15, -0.1) is 11.3 Å². The Labute approximate surface area is 137 Å². The summed E-state index contributed by atoms with van der Waals surface area (Å²) in [6.07, 6.45) is 0.158. The Balaban J connectivity index is 1.90. The molecule has 7 nitrogen and oxygen atoms in total. The Morgan fingerprint density at radius 1 is 1.09 bits per heavy atom. The molecule has 0 spiro atoms. The number of carbonyl (C=O) groups is 2. The van der Waals surface area contributed by atoms with Gasteiger partial charge in [-0.2, -0.15) is 8.42 Å². The van der Waals surface area contributed by atoms with Gasteiger partial charge in [-0.25, -0.2) is 5.14 Å². The van der Waals surface area contributed by atoms with Gasteiger partial charge in [-0.1, -0.05) is 12.1 Å². The van der Waals surface area contributed by atoms with E-state index in [1.165, 1.54) is 23.5 Å². The van der Waals surface area contributed by atoms with E-state index in [2.05, 4.69) is 10.0 Å². The highest BCUT2D eigenvalue weighted by Gasteiger charge is 2.11. The Morgan fingerprint density at radius 2 is 1.83 bits per heavy atom. The third-order valence-electron chi connectivity index (χ3n) is 2.78.